The van der Waals surface area contributed by atoms with Gasteiger partial charge < -0.3 is 4.74 Å². The van der Waals surface area contributed by atoms with Gasteiger partial charge in [0.15, 0.2) is 5.78 Å². The zero-order valence-corrected chi connectivity index (χ0v) is 10.2. The Bertz CT molecular complexity index is 602. The molecule has 2 heteroatoms. The fourth-order valence-electron chi connectivity index (χ4n) is 2.64. The number of Topliss-reactive ketones (excluding diaryl/α,β-unsaturated/α-hetero) is 1. The molecular formula is C16H14O2. The Labute approximate surface area is 106 Å². The van der Waals surface area contributed by atoms with Crippen LogP contribution in [0.25, 0.3) is 0 Å². The van der Waals surface area contributed by atoms with Crippen molar-refractivity contribution in [3.63, 3.8) is 0 Å². The standard InChI is InChI=1S/C16H14O2/c1-18-15-9-5-4-8-13(15)14-10-11-6-2-3-7-12(11)16(14)17/h2-9,14H,10H2,1H3. The molecule has 0 saturated carbocycles. The molecule has 0 bridgehead atoms. The fraction of sp³-hybridized carbons (Fsp3) is 0.188. The van der Waals surface area contributed by atoms with Crippen molar-refractivity contribution in [2.45, 2.75) is 12.3 Å². The highest BCUT2D eigenvalue weighted by molar-refractivity contribution is 6.05. The number of hydrogen-bond acceptors (Lipinski definition) is 2. The molecule has 0 fully saturated rings. The molecular weight excluding hydrogens is 224 g/mol. The van der Waals surface area contributed by atoms with Crippen LogP contribution in [0.2, 0.25) is 0 Å². The molecule has 3 rings (SSSR count). The summed E-state index contributed by atoms with van der Waals surface area (Å²) in [4.78, 5) is 12.4. The van der Waals surface area contributed by atoms with Crippen LogP contribution < -0.4 is 4.74 Å². The number of rotatable bonds is 2. The van der Waals surface area contributed by atoms with E-state index in [2.05, 4.69) is 0 Å². The molecule has 2 aromatic rings. The summed E-state index contributed by atoms with van der Waals surface area (Å²) in [5.41, 5.74) is 2.98. The summed E-state index contributed by atoms with van der Waals surface area (Å²) in [5.74, 6) is 0.900. The fourth-order valence-corrected chi connectivity index (χ4v) is 2.64. The molecule has 0 aromatic heterocycles. The van der Waals surface area contributed by atoms with Gasteiger partial charge in [0.1, 0.15) is 5.75 Å². The second-order valence-electron chi connectivity index (χ2n) is 4.52. The highest BCUT2D eigenvalue weighted by atomic mass is 16.5. The van der Waals surface area contributed by atoms with Crippen LogP contribution >= 0.6 is 0 Å². The van der Waals surface area contributed by atoms with Crippen LogP contribution in [0.15, 0.2) is 48.5 Å². The van der Waals surface area contributed by atoms with E-state index in [1.165, 1.54) is 0 Å². The summed E-state index contributed by atoms with van der Waals surface area (Å²) in [6.07, 6.45) is 0.773. The van der Waals surface area contributed by atoms with Crippen LogP contribution in [0.5, 0.6) is 5.75 Å². The van der Waals surface area contributed by atoms with Crippen molar-refractivity contribution in [3.8, 4) is 5.75 Å². The van der Waals surface area contributed by atoms with Crippen LogP contribution in [0.4, 0.5) is 0 Å². The quantitative estimate of drug-likeness (QED) is 0.803. The summed E-state index contributed by atoms with van der Waals surface area (Å²) in [5, 5.41) is 0. The van der Waals surface area contributed by atoms with Crippen LogP contribution in [0.3, 0.4) is 0 Å². The third-order valence-corrected chi connectivity index (χ3v) is 3.54. The van der Waals surface area contributed by atoms with Crippen LogP contribution in [0.1, 0.15) is 27.4 Å². The topological polar surface area (TPSA) is 26.3 Å². The van der Waals surface area contributed by atoms with Gasteiger partial charge in [0, 0.05) is 11.1 Å². The van der Waals surface area contributed by atoms with Crippen LogP contribution in [-0.2, 0) is 6.42 Å². The Kier molecular flexibility index (Phi) is 2.63. The predicted octanol–water partition coefficient (Wildman–Crippen LogP) is 3.22. The van der Waals surface area contributed by atoms with Gasteiger partial charge in [-0.3, -0.25) is 4.79 Å². The summed E-state index contributed by atoms with van der Waals surface area (Å²) in [7, 11) is 1.64. The number of benzene rings is 2. The maximum atomic E-state index is 12.4. The van der Waals surface area contributed by atoms with Crippen LogP contribution in [-0.4, -0.2) is 12.9 Å². The second kappa shape index (κ2) is 4.30. The molecule has 2 aromatic carbocycles. The van der Waals surface area contributed by atoms with Gasteiger partial charge in [0.2, 0.25) is 0 Å². The average Bonchev–Trinajstić information content (AvgIpc) is 2.76. The molecule has 1 aliphatic rings. The maximum Gasteiger partial charge on any atom is 0.171 e. The highest BCUT2D eigenvalue weighted by Crippen LogP contribution is 2.37. The molecule has 0 saturated heterocycles. The van der Waals surface area contributed by atoms with E-state index in [1.807, 2.05) is 48.5 Å². The van der Waals surface area contributed by atoms with E-state index >= 15 is 0 Å². The molecule has 18 heavy (non-hydrogen) atoms. The van der Waals surface area contributed by atoms with E-state index in [4.69, 9.17) is 4.74 Å². The van der Waals surface area contributed by atoms with Crippen molar-refractivity contribution >= 4 is 5.78 Å². The summed E-state index contributed by atoms with van der Waals surface area (Å²) >= 11 is 0. The van der Waals surface area contributed by atoms with E-state index in [0.717, 1.165) is 28.9 Å². The third-order valence-electron chi connectivity index (χ3n) is 3.54. The predicted molar refractivity (Wildman–Crippen MR) is 70.2 cm³/mol. The minimum absolute atomic E-state index is 0.0986. The van der Waals surface area contributed by atoms with Crippen molar-refractivity contribution in [2.24, 2.45) is 0 Å². The lowest BCUT2D eigenvalue weighted by Gasteiger charge is -2.12. The van der Waals surface area contributed by atoms with Gasteiger partial charge in [0.25, 0.3) is 0 Å². The Morgan fingerprint density at radius 2 is 1.78 bits per heavy atom. The van der Waals surface area contributed by atoms with Crippen molar-refractivity contribution in [1.29, 1.82) is 0 Å². The van der Waals surface area contributed by atoms with E-state index < -0.39 is 0 Å². The minimum atomic E-state index is -0.0986. The monoisotopic (exact) mass is 238 g/mol. The number of para-hydroxylation sites is 1. The normalized spacial score (nSPS) is 17.6. The van der Waals surface area contributed by atoms with E-state index in [-0.39, 0.29) is 11.7 Å². The van der Waals surface area contributed by atoms with Crippen molar-refractivity contribution in [1.82, 2.24) is 0 Å². The first kappa shape index (κ1) is 11.0. The Morgan fingerprint density at radius 1 is 1.06 bits per heavy atom. The molecule has 90 valence electrons. The first-order valence-electron chi connectivity index (χ1n) is 6.06. The average molecular weight is 238 g/mol. The van der Waals surface area contributed by atoms with Gasteiger partial charge >= 0.3 is 0 Å². The Balaban J connectivity index is 2.04. The van der Waals surface area contributed by atoms with E-state index in [9.17, 15) is 4.79 Å². The number of methoxy groups -OCH3 is 1. The number of ether oxygens (including phenoxy) is 1. The van der Waals surface area contributed by atoms with Gasteiger partial charge in [-0.2, -0.15) is 0 Å². The largest absolute Gasteiger partial charge is 0.496 e. The zero-order valence-electron chi connectivity index (χ0n) is 10.2. The molecule has 0 amide bonds. The molecule has 1 aliphatic carbocycles. The van der Waals surface area contributed by atoms with Gasteiger partial charge in [-0.05, 0) is 18.1 Å². The molecule has 2 nitrogen and oxygen atoms in total. The van der Waals surface area contributed by atoms with Gasteiger partial charge in [-0.15, -0.1) is 0 Å². The molecule has 0 spiro atoms. The number of carbonyl (C=O) groups excluding carboxylic acids is 1. The molecule has 0 N–H and O–H groups in total. The molecule has 0 aliphatic heterocycles. The summed E-state index contributed by atoms with van der Waals surface area (Å²) in [6, 6.07) is 15.6. The minimum Gasteiger partial charge on any atom is -0.496 e. The Hall–Kier alpha value is -2.09. The first-order chi connectivity index (χ1) is 8.81. The summed E-state index contributed by atoms with van der Waals surface area (Å²) in [6.45, 7) is 0. The second-order valence-corrected chi connectivity index (χ2v) is 4.52. The molecule has 0 heterocycles. The van der Waals surface area contributed by atoms with Crippen LogP contribution in [0, 0.1) is 0 Å². The lowest BCUT2D eigenvalue weighted by atomic mass is 9.94. The zero-order chi connectivity index (χ0) is 12.5. The van der Waals surface area contributed by atoms with Crippen molar-refractivity contribution in [3.05, 3.63) is 65.2 Å². The van der Waals surface area contributed by atoms with Gasteiger partial charge in [-0.25, -0.2) is 0 Å². The lowest BCUT2D eigenvalue weighted by molar-refractivity contribution is 0.0971. The van der Waals surface area contributed by atoms with Crippen molar-refractivity contribution < 1.29 is 9.53 Å². The van der Waals surface area contributed by atoms with E-state index in [0.29, 0.717) is 0 Å². The lowest BCUT2D eigenvalue weighted by Crippen LogP contribution is -2.08. The number of fused-ring (bicyclic) bond motifs is 1. The maximum absolute atomic E-state index is 12.4. The molecule has 1 atom stereocenters. The van der Waals surface area contributed by atoms with Gasteiger partial charge in [-0.1, -0.05) is 42.5 Å². The van der Waals surface area contributed by atoms with Crippen molar-refractivity contribution in [2.75, 3.05) is 7.11 Å². The summed E-state index contributed by atoms with van der Waals surface area (Å²) < 4.78 is 5.35. The third kappa shape index (κ3) is 1.61. The van der Waals surface area contributed by atoms with E-state index in [1.54, 1.807) is 7.11 Å². The number of carbonyl (C=O) groups is 1. The molecule has 0 radical (unpaired) electrons. The smallest absolute Gasteiger partial charge is 0.171 e. The van der Waals surface area contributed by atoms with Gasteiger partial charge in [0.05, 0.1) is 13.0 Å². The first-order valence-corrected chi connectivity index (χ1v) is 6.06. The number of hydrogen-bond donors (Lipinski definition) is 0. The number of ketones is 1. The highest BCUT2D eigenvalue weighted by Gasteiger charge is 2.32. The Morgan fingerprint density at radius 3 is 2.56 bits per heavy atom. The SMILES string of the molecule is COc1ccccc1C1Cc2ccccc2C1=O. The molecule has 1 unspecified atom stereocenters.